The third-order valence-corrected chi connectivity index (χ3v) is 3.25. The molecule has 5 nitrogen and oxygen atoms in total. The molecule has 0 saturated heterocycles. The summed E-state index contributed by atoms with van der Waals surface area (Å²) < 4.78 is 11.0. The van der Waals surface area contributed by atoms with Crippen LogP contribution in [0.2, 0.25) is 5.02 Å². The SMILES string of the molecule is O=C(NCc1ccc2c(c1)OCCO2)c1cc(Cl)ccn1. The maximum absolute atomic E-state index is 12.0. The highest BCUT2D eigenvalue weighted by molar-refractivity contribution is 6.30. The molecule has 21 heavy (non-hydrogen) atoms. The largest absolute Gasteiger partial charge is 0.486 e. The highest BCUT2D eigenvalue weighted by atomic mass is 35.5. The van der Waals surface area contributed by atoms with Crippen LogP contribution in [-0.4, -0.2) is 24.1 Å². The van der Waals surface area contributed by atoms with E-state index in [4.69, 9.17) is 21.1 Å². The van der Waals surface area contributed by atoms with Gasteiger partial charge < -0.3 is 14.8 Å². The number of nitrogens with zero attached hydrogens (tertiary/aromatic N) is 1. The lowest BCUT2D eigenvalue weighted by molar-refractivity contribution is 0.0946. The van der Waals surface area contributed by atoms with Crippen molar-refractivity contribution in [3.63, 3.8) is 0 Å². The third-order valence-electron chi connectivity index (χ3n) is 3.01. The lowest BCUT2D eigenvalue weighted by Crippen LogP contribution is -2.24. The zero-order valence-electron chi connectivity index (χ0n) is 11.1. The second-order valence-corrected chi connectivity index (χ2v) is 4.96. The minimum Gasteiger partial charge on any atom is -0.486 e. The van der Waals surface area contributed by atoms with Gasteiger partial charge in [0.15, 0.2) is 11.5 Å². The van der Waals surface area contributed by atoms with Gasteiger partial charge in [0.05, 0.1) is 0 Å². The number of hydrogen-bond donors (Lipinski definition) is 1. The first-order valence-corrected chi connectivity index (χ1v) is 6.88. The molecule has 6 heteroatoms. The van der Waals surface area contributed by atoms with Crippen molar-refractivity contribution in [2.24, 2.45) is 0 Å². The first-order chi connectivity index (χ1) is 10.2. The van der Waals surface area contributed by atoms with Gasteiger partial charge in [-0.3, -0.25) is 9.78 Å². The highest BCUT2D eigenvalue weighted by Gasteiger charge is 2.12. The van der Waals surface area contributed by atoms with Gasteiger partial charge in [0.1, 0.15) is 18.9 Å². The normalized spacial score (nSPS) is 12.8. The number of benzene rings is 1. The highest BCUT2D eigenvalue weighted by Crippen LogP contribution is 2.30. The summed E-state index contributed by atoms with van der Waals surface area (Å²) >= 11 is 5.84. The number of ether oxygens (including phenoxy) is 2. The van der Waals surface area contributed by atoms with Crippen molar-refractivity contribution in [2.45, 2.75) is 6.54 Å². The van der Waals surface area contributed by atoms with Crippen molar-refractivity contribution >= 4 is 17.5 Å². The summed E-state index contributed by atoms with van der Waals surface area (Å²) in [5.41, 5.74) is 1.22. The average molecular weight is 305 g/mol. The van der Waals surface area contributed by atoms with E-state index in [-0.39, 0.29) is 5.91 Å². The molecule has 1 amide bonds. The number of amides is 1. The van der Waals surface area contributed by atoms with Gasteiger partial charge in [-0.15, -0.1) is 0 Å². The van der Waals surface area contributed by atoms with Crippen LogP contribution in [0.4, 0.5) is 0 Å². The van der Waals surface area contributed by atoms with Gasteiger partial charge in [-0.2, -0.15) is 0 Å². The molecule has 1 aromatic carbocycles. The molecule has 1 aliphatic rings. The number of carbonyl (C=O) groups excluding carboxylic acids is 1. The summed E-state index contributed by atoms with van der Waals surface area (Å²) in [4.78, 5) is 16.0. The first-order valence-electron chi connectivity index (χ1n) is 6.51. The van der Waals surface area contributed by atoms with Crippen LogP contribution in [0.15, 0.2) is 36.5 Å². The molecule has 1 N–H and O–H groups in total. The van der Waals surface area contributed by atoms with Gasteiger partial charge in [0, 0.05) is 17.8 Å². The van der Waals surface area contributed by atoms with E-state index in [0.717, 1.165) is 11.3 Å². The van der Waals surface area contributed by atoms with E-state index in [0.29, 0.717) is 36.2 Å². The molecule has 1 aliphatic heterocycles. The van der Waals surface area contributed by atoms with Gasteiger partial charge in [0.2, 0.25) is 0 Å². The summed E-state index contributed by atoms with van der Waals surface area (Å²) in [6.45, 7) is 1.47. The number of aromatic nitrogens is 1. The van der Waals surface area contributed by atoms with Crippen LogP contribution in [0.3, 0.4) is 0 Å². The van der Waals surface area contributed by atoms with E-state index >= 15 is 0 Å². The lowest BCUT2D eigenvalue weighted by Gasteiger charge is -2.18. The Morgan fingerprint density at radius 2 is 2.00 bits per heavy atom. The van der Waals surface area contributed by atoms with Gasteiger partial charge in [-0.25, -0.2) is 0 Å². The number of nitrogens with one attached hydrogen (secondary N) is 1. The Labute approximate surface area is 126 Å². The molecule has 2 aromatic rings. The summed E-state index contributed by atoms with van der Waals surface area (Å²) in [6.07, 6.45) is 1.50. The molecule has 0 fully saturated rings. The smallest absolute Gasteiger partial charge is 0.270 e. The maximum atomic E-state index is 12.0. The second kappa shape index (κ2) is 6.01. The molecule has 0 saturated carbocycles. The molecule has 108 valence electrons. The molecule has 0 unspecified atom stereocenters. The Kier molecular flexibility index (Phi) is 3.92. The van der Waals surface area contributed by atoms with Crippen LogP contribution >= 0.6 is 11.6 Å². The van der Waals surface area contributed by atoms with Crippen molar-refractivity contribution in [3.05, 3.63) is 52.8 Å². The molecular formula is C15H13ClN2O3. The van der Waals surface area contributed by atoms with Crippen molar-refractivity contribution in [2.75, 3.05) is 13.2 Å². The van der Waals surface area contributed by atoms with Crippen molar-refractivity contribution < 1.29 is 14.3 Å². The van der Waals surface area contributed by atoms with E-state index < -0.39 is 0 Å². The van der Waals surface area contributed by atoms with Crippen molar-refractivity contribution in [3.8, 4) is 11.5 Å². The molecule has 1 aromatic heterocycles. The zero-order chi connectivity index (χ0) is 14.7. The Balaban J connectivity index is 1.66. The van der Waals surface area contributed by atoms with E-state index in [1.54, 1.807) is 6.07 Å². The molecule has 3 rings (SSSR count). The summed E-state index contributed by atoms with van der Waals surface area (Å²) in [7, 11) is 0. The molecule has 0 radical (unpaired) electrons. The monoisotopic (exact) mass is 304 g/mol. The molecule has 2 heterocycles. The predicted molar refractivity (Wildman–Crippen MR) is 77.8 cm³/mol. The van der Waals surface area contributed by atoms with E-state index in [1.807, 2.05) is 18.2 Å². The number of halogens is 1. The minimum atomic E-state index is -0.271. The number of rotatable bonds is 3. The third kappa shape index (κ3) is 3.25. The number of carbonyl (C=O) groups is 1. The van der Waals surface area contributed by atoms with Crippen LogP contribution in [0.1, 0.15) is 16.1 Å². The van der Waals surface area contributed by atoms with Crippen molar-refractivity contribution in [1.29, 1.82) is 0 Å². The van der Waals surface area contributed by atoms with Gasteiger partial charge in [0.25, 0.3) is 5.91 Å². The topological polar surface area (TPSA) is 60.5 Å². The van der Waals surface area contributed by atoms with Gasteiger partial charge in [-0.05, 0) is 29.8 Å². The zero-order valence-corrected chi connectivity index (χ0v) is 11.9. The Morgan fingerprint density at radius 1 is 1.19 bits per heavy atom. The Morgan fingerprint density at radius 3 is 2.81 bits per heavy atom. The van der Waals surface area contributed by atoms with Crippen LogP contribution < -0.4 is 14.8 Å². The molecule has 0 bridgehead atoms. The molecule has 0 atom stereocenters. The Bertz CT molecular complexity index is 676. The van der Waals surface area contributed by atoms with Gasteiger partial charge >= 0.3 is 0 Å². The van der Waals surface area contributed by atoms with E-state index in [2.05, 4.69) is 10.3 Å². The maximum Gasteiger partial charge on any atom is 0.270 e. The molecule has 0 spiro atoms. The number of pyridine rings is 1. The second-order valence-electron chi connectivity index (χ2n) is 4.52. The molecule has 0 aliphatic carbocycles. The van der Waals surface area contributed by atoms with Crippen LogP contribution in [0.25, 0.3) is 0 Å². The molecular weight excluding hydrogens is 292 g/mol. The summed E-state index contributed by atoms with van der Waals surface area (Å²) in [5, 5.41) is 3.27. The van der Waals surface area contributed by atoms with Crippen LogP contribution in [-0.2, 0) is 6.54 Å². The fourth-order valence-corrected chi connectivity index (χ4v) is 2.16. The fourth-order valence-electron chi connectivity index (χ4n) is 2.00. The average Bonchev–Trinajstić information content (AvgIpc) is 2.52. The van der Waals surface area contributed by atoms with E-state index in [1.165, 1.54) is 12.3 Å². The van der Waals surface area contributed by atoms with Gasteiger partial charge in [-0.1, -0.05) is 17.7 Å². The quantitative estimate of drug-likeness (QED) is 0.946. The van der Waals surface area contributed by atoms with Crippen molar-refractivity contribution in [1.82, 2.24) is 10.3 Å². The lowest BCUT2D eigenvalue weighted by atomic mass is 10.2. The van der Waals surface area contributed by atoms with E-state index in [9.17, 15) is 4.79 Å². The summed E-state index contributed by atoms with van der Waals surface area (Å²) in [5.74, 6) is 1.16. The number of fused-ring (bicyclic) bond motifs is 1. The first kappa shape index (κ1) is 13.7. The fraction of sp³-hybridized carbons (Fsp3) is 0.200. The standard InChI is InChI=1S/C15H13ClN2O3/c16-11-3-4-17-12(8-11)15(19)18-9-10-1-2-13-14(7-10)21-6-5-20-13/h1-4,7-8H,5-6,9H2,(H,18,19). The van der Waals surface area contributed by atoms with Crippen LogP contribution in [0.5, 0.6) is 11.5 Å². The summed E-state index contributed by atoms with van der Waals surface area (Å²) in [6, 6.07) is 8.74. The Hall–Kier alpha value is -2.27. The minimum absolute atomic E-state index is 0.271. The predicted octanol–water partition coefficient (Wildman–Crippen LogP) is 2.44. The number of hydrogen-bond acceptors (Lipinski definition) is 4. The van der Waals surface area contributed by atoms with Crippen LogP contribution in [0, 0.1) is 0 Å².